The van der Waals surface area contributed by atoms with Crippen LogP contribution in [-0.4, -0.2) is 30.7 Å². The largest absolute Gasteiger partial charge is 0.478 e. The number of halogens is 2. The van der Waals surface area contributed by atoms with Crippen LogP contribution in [0.15, 0.2) is 90.1 Å². The Balaban J connectivity index is 2.02. The minimum atomic E-state index is -1.21. The summed E-state index contributed by atoms with van der Waals surface area (Å²) in [7, 11) is 1.23. The molecule has 0 radical (unpaired) electrons. The topological polar surface area (TPSA) is 70.1 Å². The molecule has 1 atom stereocenters. The molecule has 168 valence electrons. The Hall–Kier alpha value is -3.48. The summed E-state index contributed by atoms with van der Waals surface area (Å²) in [4.78, 5) is 28.9. The van der Waals surface area contributed by atoms with E-state index in [1.54, 1.807) is 41.3 Å². The molecule has 8 heteroatoms. The zero-order valence-electron chi connectivity index (χ0n) is 17.6. The van der Waals surface area contributed by atoms with Crippen LogP contribution >= 0.6 is 23.2 Å². The molecular formula is C25H20Cl2N2O4. The Labute approximate surface area is 201 Å². The average molecular weight is 483 g/mol. The number of benzene rings is 3. The fraction of sp³-hybridized carbons (Fsp3) is 0.120. The predicted octanol–water partition coefficient (Wildman–Crippen LogP) is 5.53. The van der Waals surface area contributed by atoms with Gasteiger partial charge in [-0.05, 0) is 54.1 Å². The summed E-state index contributed by atoms with van der Waals surface area (Å²) < 4.78 is 5.02. The number of carboxylic acids is 1. The highest BCUT2D eigenvalue weighted by Crippen LogP contribution is 2.42. The van der Waals surface area contributed by atoms with Gasteiger partial charge in [0.25, 0.3) is 0 Å². The number of rotatable bonds is 5. The summed E-state index contributed by atoms with van der Waals surface area (Å²) in [5, 5.41) is 11.1. The van der Waals surface area contributed by atoms with Crippen LogP contribution in [0.2, 0.25) is 10.0 Å². The number of anilines is 2. The Morgan fingerprint density at radius 1 is 0.879 bits per heavy atom. The van der Waals surface area contributed by atoms with Crippen molar-refractivity contribution in [1.82, 2.24) is 0 Å². The molecule has 1 aliphatic rings. The van der Waals surface area contributed by atoms with Crippen molar-refractivity contribution in [3.05, 3.63) is 106 Å². The van der Waals surface area contributed by atoms with Crippen molar-refractivity contribution in [2.45, 2.75) is 6.17 Å². The third-order valence-corrected chi connectivity index (χ3v) is 5.90. The number of esters is 1. The van der Waals surface area contributed by atoms with E-state index >= 15 is 0 Å². The molecule has 0 aliphatic carbocycles. The molecule has 4 rings (SSSR count). The summed E-state index contributed by atoms with van der Waals surface area (Å²) in [5.41, 5.74) is 2.07. The van der Waals surface area contributed by atoms with E-state index in [2.05, 4.69) is 0 Å². The SMILES string of the molecule is COC(=O)C1=C(C(=O)O)CN(c2ccc(Cl)cc2)C(c2ccccc2)N1c1ccc(Cl)cc1. The first-order valence-electron chi connectivity index (χ1n) is 10.1. The van der Waals surface area contributed by atoms with Gasteiger partial charge in [0, 0.05) is 21.4 Å². The lowest BCUT2D eigenvalue weighted by Crippen LogP contribution is -2.50. The molecular weight excluding hydrogens is 463 g/mol. The van der Waals surface area contributed by atoms with Crippen molar-refractivity contribution in [3.63, 3.8) is 0 Å². The number of aliphatic carboxylic acids is 1. The summed E-state index contributed by atoms with van der Waals surface area (Å²) >= 11 is 12.2. The lowest BCUT2D eigenvalue weighted by atomic mass is 9.99. The van der Waals surface area contributed by atoms with Crippen LogP contribution in [-0.2, 0) is 14.3 Å². The lowest BCUT2D eigenvalue weighted by Gasteiger charge is -2.46. The van der Waals surface area contributed by atoms with E-state index in [9.17, 15) is 14.7 Å². The molecule has 0 spiro atoms. The van der Waals surface area contributed by atoms with Gasteiger partial charge in [0.1, 0.15) is 11.9 Å². The quantitative estimate of drug-likeness (QED) is 0.482. The summed E-state index contributed by atoms with van der Waals surface area (Å²) in [6.07, 6.45) is -0.550. The monoisotopic (exact) mass is 482 g/mol. The maximum Gasteiger partial charge on any atom is 0.355 e. The molecule has 0 saturated heterocycles. The van der Waals surface area contributed by atoms with E-state index in [4.69, 9.17) is 27.9 Å². The Morgan fingerprint density at radius 3 is 1.94 bits per heavy atom. The number of nitrogens with zero attached hydrogens (tertiary/aromatic N) is 2. The first-order chi connectivity index (χ1) is 15.9. The van der Waals surface area contributed by atoms with Crippen molar-refractivity contribution >= 4 is 46.5 Å². The maximum atomic E-state index is 12.9. The molecule has 6 nitrogen and oxygen atoms in total. The van der Waals surface area contributed by atoms with Gasteiger partial charge in [0.2, 0.25) is 0 Å². The highest BCUT2D eigenvalue weighted by atomic mass is 35.5. The van der Waals surface area contributed by atoms with Crippen LogP contribution in [0, 0.1) is 0 Å². The van der Waals surface area contributed by atoms with E-state index in [-0.39, 0.29) is 17.8 Å². The molecule has 1 unspecified atom stereocenters. The summed E-state index contributed by atoms with van der Waals surface area (Å²) in [6, 6.07) is 23.5. The molecule has 0 amide bonds. The van der Waals surface area contributed by atoms with E-state index in [1.165, 1.54) is 7.11 Å². The Bertz CT molecular complexity index is 1200. The van der Waals surface area contributed by atoms with Crippen molar-refractivity contribution < 1.29 is 19.4 Å². The van der Waals surface area contributed by atoms with E-state index < -0.39 is 18.1 Å². The fourth-order valence-electron chi connectivity index (χ4n) is 3.92. The molecule has 0 saturated carbocycles. The molecule has 1 heterocycles. The number of ether oxygens (including phenoxy) is 1. The molecule has 33 heavy (non-hydrogen) atoms. The molecule has 0 fully saturated rings. The van der Waals surface area contributed by atoms with Gasteiger partial charge in [-0.15, -0.1) is 0 Å². The standard InChI is InChI=1S/C25H20Cl2N2O4/c1-33-25(32)22-21(24(30)31)15-28(19-11-7-17(26)8-12-19)23(16-5-3-2-4-6-16)29(22)20-13-9-18(27)10-14-20/h2-14,23H,15H2,1H3,(H,30,31). The average Bonchev–Trinajstić information content (AvgIpc) is 2.84. The molecule has 1 N–H and O–H groups in total. The van der Waals surface area contributed by atoms with Crippen LogP contribution in [0.1, 0.15) is 11.7 Å². The van der Waals surface area contributed by atoms with Crippen molar-refractivity contribution in [2.75, 3.05) is 23.5 Å². The Kier molecular flexibility index (Phi) is 6.58. The van der Waals surface area contributed by atoms with Crippen LogP contribution in [0.25, 0.3) is 0 Å². The molecule has 0 bridgehead atoms. The minimum Gasteiger partial charge on any atom is -0.478 e. The first kappa shape index (κ1) is 22.7. The highest BCUT2D eigenvalue weighted by Gasteiger charge is 2.41. The fourth-order valence-corrected chi connectivity index (χ4v) is 4.17. The summed E-state index contributed by atoms with van der Waals surface area (Å²) in [6.45, 7) is -0.0228. The second-order valence-corrected chi connectivity index (χ2v) is 8.23. The van der Waals surface area contributed by atoms with Gasteiger partial charge in [-0.25, -0.2) is 9.59 Å². The van der Waals surface area contributed by atoms with Crippen LogP contribution in [0.3, 0.4) is 0 Å². The van der Waals surface area contributed by atoms with E-state index in [1.807, 2.05) is 47.4 Å². The lowest BCUT2D eigenvalue weighted by molar-refractivity contribution is -0.138. The number of carboxylic acid groups (broad SMARTS) is 1. The third-order valence-electron chi connectivity index (χ3n) is 5.39. The summed E-state index contributed by atoms with van der Waals surface area (Å²) in [5.74, 6) is -1.95. The van der Waals surface area contributed by atoms with Crippen LogP contribution < -0.4 is 9.80 Å². The first-order valence-corrected chi connectivity index (χ1v) is 10.8. The van der Waals surface area contributed by atoms with Gasteiger partial charge < -0.3 is 19.6 Å². The molecule has 3 aromatic carbocycles. The minimum absolute atomic E-state index is 0.0228. The van der Waals surface area contributed by atoms with Gasteiger partial charge in [-0.2, -0.15) is 0 Å². The number of carbonyl (C=O) groups is 2. The van der Waals surface area contributed by atoms with Crippen LogP contribution in [0.4, 0.5) is 11.4 Å². The van der Waals surface area contributed by atoms with Gasteiger partial charge in [-0.1, -0.05) is 53.5 Å². The van der Waals surface area contributed by atoms with Gasteiger partial charge >= 0.3 is 11.9 Å². The maximum absolute atomic E-state index is 12.9. The second-order valence-electron chi connectivity index (χ2n) is 7.36. The van der Waals surface area contributed by atoms with Crippen molar-refractivity contribution in [1.29, 1.82) is 0 Å². The number of hydrogen-bond acceptors (Lipinski definition) is 5. The number of hydrogen-bond donors (Lipinski definition) is 1. The number of methoxy groups -OCH3 is 1. The van der Waals surface area contributed by atoms with Gasteiger partial charge in [-0.3, -0.25) is 0 Å². The smallest absolute Gasteiger partial charge is 0.355 e. The predicted molar refractivity (Wildman–Crippen MR) is 129 cm³/mol. The zero-order valence-corrected chi connectivity index (χ0v) is 19.1. The normalized spacial score (nSPS) is 16.0. The highest BCUT2D eigenvalue weighted by molar-refractivity contribution is 6.31. The Morgan fingerprint density at radius 2 is 1.42 bits per heavy atom. The molecule has 0 aromatic heterocycles. The number of carbonyl (C=O) groups excluding carboxylic acids is 1. The third kappa shape index (κ3) is 4.53. The van der Waals surface area contributed by atoms with Gasteiger partial charge in [0.05, 0.1) is 19.2 Å². The zero-order chi connectivity index (χ0) is 23.5. The van der Waals surface area contributed by atoms with Gasteiger partial charge in [0.15, 0.2) is 0 Å². The molecule has 3 aromatic rings. The second kappa shape index (κ2) is 9.57. The van der Waals surface area contributed by atoms with Crippen LogP contribution in [0.5, 0.6) is 0 Å². The molecule has 1 aliphatic heterocycles. The van der Waals surface area contributed by atoms with E-state index in [0.29, 0.717) is 15.7 Å². The van der Waals surface area contributed by atoms with E-state index in [0.717, 1.165) is 11.3 Å². The van der Waals surface area contributed by atoms with Crippen molar-refractivity contribution in [3.8, 4) is 0 Å². The van der Waals surface area contributed by atoms with Crippen molar-refractivity contribution in [2.24, 2.45) is 0 Å².